The van der Waals surface area contributed by atoms with Gasteiger partial charge in [-0.05, 0) is 80.0 Å². The Kier molecular flexibility index (Phi) is 5.98. The van der Waals surface area contributed by atoms with Gasteiger partial charge in [0.2, 0.25) is 10.0 Å². The third-order valence-corrected chi connectivity index (χ3v) is 7.94. The monoisotopic (exact) mass is 535 g/mol. The van der Waals surface area contributed by atoms with Crippen molar-refractivity contribution in [3.63, 3.8) is 0 Å². The van der Waals surface area contributed by atoms with Crippen molar-refractivity contribution >= 4 is 49.8 Å². The fourth-order valence-corrected chi connectivity index (χ4v) is 5.57. The fourth-order valence-electron chi connectivity index (χ4n) is 3.35. The van der Waals surface area contributed by atoms with Crippen molar-refractivity contribution in [2.75, 3.05) is 10.0 Å². The SMILES string of the molecule is Cc1cc(NS(=O)(=O)C2(CC(C)O)CC2)c(Nc2ccc(I)cc2F)n(C)c1=O. The summed E-state index contributed by atoms with van der Waals surface area (Å²) in [6.07, 6.45) is 0.273. The smallest absolute Gasteiger partial charge is 0.254 e. The lowest BCUT2D eigenvalue weighted by Crippen LogP contribution is -2.34. The highest BCUT2D eigenvalue weighted by atomic mass is 127. The van der Waals surface area contributed by atoms with Crippen molar-refractivity contribution in [2.45, 2.75) is 44.0 Å². The number of aliphatic hydroxyl groups excluding tert-OH is 1. The first-order valence-corrected chi connectivity index (χ1v) is 11.6. The van der Waals surface area contributed by atoms with E-state index in [1.165, 1.54) is 29.8 Å². The minimum atomic E-state index is -3.84. The Balaban J connectivity index is 2.04. The van der Waals surface area contributed by atoms with Gasteiger partial charge in [0.25, 0.3) is 5.56 Å². The van der Waals surface area contributed by atoms with E-state index in [4.69, 9.17) is 0 Å². The summed E-state index contributed by atoms with van der Waals surface area (Å²) >= 11 is 1.98. The van der Waals surface area contributed by atoms with Crippen molar-refractivity contribution in [2.24, 2.45) is 7.05 Å². The number of aryl methyl sites for hydroxylation is 1. The van der Waals surface area contributed by atoms with Gasteiger partial charge in [0, 0.05) is 16.2 Å². The van der Waals surface area contributed by atoms with Crippen LogP contribution < -0.4 is 15.6 Å². The zero-order chi connectivity index (χ0) is 21.6. The van der Waals surface area contributed by atoms with Gasteiger partial charge in [-0.2, -0.15) is 0 Å². The van der Waals surface area contributed by atoms with E-state index in [0.29, 0.717) is 22.0 Å². The average Bonchev–Trinajstić information content (AvgIpc) is 3.38. The summed E-state index contributed by atoms with van der Waals surface area (Å²) in [5.74, 6) is -0.386. The summed E-state index contributed by atoms with van der Waals surface area (Å²) in [5, 5.41) is 12.5. The van der Waals surface area contributed by atoms with Gasteiger partial charge in [0.05, 0.1) is 22.2 Å². The number of hydrogen-bond acceptors (Lipinski definition) is 5. The highest BCUT2D eigenvalue weighted by molar-refractivity contribution is 14.1. The number of nitrogens with zero attached hydrogens (tertiary/aromatic N) is 1. The number of hydrogen-bond donors (Lipinski definition) is 3. The van der Waals surface area contributed by atoms with Gasteiger partial charge in [-0.1, -0.05) is 0 Å². The Hall–Kier alpha value is -1.66. The molecule has 0 bridgehead atoms. The van der Waals surface area contributed by atoms with Crippen LogP contribution in [0, 0.1) is 16.3 Å². The maximum Gasteiger partial charge on any atom is 0.254 e. The van der Waals surface area contributed by atoms with Gasteiger partial charge in [-0.25, -0.2) is 12.8 Å². The molecule has 1 fully saturated rings. The van der Waals surface area contributed by atoms with Crippen LogP contribution in [0.25, 0.3) is 0 Å². The van der Waals surface area contributed by atoms with Gasteiger partial charge in [0.1, 0.15) is 11.6 Å². The predicted molar refractivity (Wildman–Crippen MR) is 120 cm³/mol. The van der Waals surface area contributed by atoms with Gasteiger partial charge in [0.15, 0.2) is 0 Å². The number of halogens is 2. The van der Waals surface area contributed by atoms with Crippen molar-refractivity contribution < 1.29 is 17.9 Å². The van der Waals surface area contributed by atoms with Crippen LogP contribution in [0.4, 0.5) is 21.6 Å². The average molecular weight is 535 g/mol. The van der Waals surface area contributed by atoms with Gasteiger partial charge in [-0.3, -0.25) is 14.1 Å². The summed E-state index contributed by atoms with van der Waals surface area (Å²) < 4.78 is 43.9. The number of pyridine rings is 1. The normalized spacial score (nSPS) is 16.3. The molecule has 1 saturated carbocycles. The molecular weight excluding hydrogens is 512 g/mol. The molecule has 1 aromatic carbocycles. The Morgan fingerprint density at radius 2 is 1.97 bits per heavy atom. The number of sulfonamides is 1. The molecule has 0 aliphatic heterocycles. The minimum absolute atomic E-state index is 0.120. The van der Waals surface area contributed by atoms with Crippen LogP contribution in [-0.4, -0.2) is 28.9 Å². The van der Waals surface area contributed by atoms with E-state index in [1.54, 1.807) is 19.9 Å². The fraction of sp³-hybridized carbons (Fsp3) is 0.421. The second-order valence-corrected chi connectivity index (χ2v) is 10.9. The second kappa shape index (κ2) is 7.88. The third kappa shape index (κ3) is 4.43. The van der Waals surface area contributed by atoms with Crippen LogP contribution in [0.1, 0.15) is 31.7 Å². The van der Waals surface area contributed by atoms with Crippen LogP contribution in [0.5, 0.6) is 0 Å². The first-order valence-electron chi connectivity index (χ1n) is 9.09. The second-order valence-electron chi connectivity index (χ2n) is 7.54. The highest BCUT2D eigenvalue weighted by Gasteiger charge is 2.55. The van der Waals surface area contributed by atoms with Gasteiger partial charge in [-0.15, -0.1) is 0 Å². The van der Waals surface area contributed by atoms with Crippen LogP contribution in [0.15, 0.2) is 29.1 Å². The van der Waals surface area contributed by atoms with E-state index in [1.807, 2.05) is 22.6 Å². The van der Waals surface area contributed by atoms with Gasteiger partial charge >= 0.3 is 0 Å². The number of benzene rings is 1. The molecule has 7 nitrogen and oxygen atoms in total. The molecule has 1 atom stereocenters. The van der Waals surface area contributed by atoms with E-state index in [2.05, 4.69) is 10.0 Å². The van der Waals surface area contributed by atoms with E-state index in [9.17, 15) is 22.7 Å². The van der Waals surface area contributed by atoms with Crippen molar-refractivity contribution in [3.8, 4) is 0 Å². The Morgan fingerprint density at radius 1 is 1.31 bits per heavy atom. The lowest BCUT2D eigenvalue weighted by Gasteiger charge is -2.22. The molecular formula is C19H23FIN3O4S. The lowest BCUT2D eigenvalue weighted by atomic mass is 10.2. The van der Waals surface area contributed by atoms with Crippen molar-refractivity contribution in [3.05, 3.63) is 49.6 Å². The topological polar surface area (TPSA) is 100 Å². The molecule has 3 rings (SSSR count). The Morgan fingerprint density at radius 3 is 2.52 bits per heavy atom. The summed E-state index contributed by atoms with van der Waals surface area (Å²) in [4.78, 5) is 12.4. The maximum absolute atomic E-state index is 14.3. The van der Waals surface area contributed by atoms with Crippen LogP contribution in [-0.2, 0) is 17.1 Å². The number of anilines is 3. The predicted octanol–water partition coefficient (Wildman–Crippen LogP) is 3.23. The summed E-state index contributed by atoms with van der Waals surface area (Å²) in [5.41, 5.74) is 0.292. The number of rotatable bonds is 7. The lowest BCUT2D eigenvalue weighted by molar-refractivity contribution is 0.180. The molecule has 1 heterocycles. The zero-order valence-corrected chi connectivity index (χ0v) is 19.3. The van der Waals surface area contributed by atoms with E-state index in [0.717, 1.165) is 0 Å². The largest absolute Gasteiger partial charge is 0.393 e. The molecule has 1 unspecified atom stereocenters. The first-order chi connectivity index (χ1) is 13.5. The third-order valence-electron chi connectivity index (χ3n) is 5.07. The number of nitrogens with one attached hydrogen (secondary N) is 2. The summed E-state index contributed by atoms with van der Waals surface area (Å²) in [6.45, 7) is 3.14. The number of aromatic nitrogens is 1. The molecule has 0 radical (unpaired) electrons. The summed E-state index contributed by atoms with van der Waals surface area (Å²) in [6, 6.07) is 5.99. The van der Waals surface area contributed by atoms with E-state index >= 15 is 0 Å². The number of aliphatic hydroxyl groups is 1. The van der Waals surface area contributed by atoms with Crippen LogP contribution in [0.2, 0.25) is 0 Å². The molecule has 10 heteroatoms. The first kappa shape index (κ1) is 22.0. The van der Waals surface area contributed by atoms with Crippen LogP contribution >= 0.6 is 22.6 Å². The molecule has 2 aromatic rings. The maximum atomic E-state index is 14.3. The minimum Gasteiger partial charge on any atom is -0.393 e. The highest BCUT2D eigenvalue weighted by Crippen LogP contribution is 2.48. The molecule has 0 spiro atoms. The van der Waals surface area contributed by atoms with E-state index < -0.39 is 26.7 Å². The summed E-state index contributed by atoms with van der Waals surface area (Å²) in [7, 11) is -2.35. The molecule has 1 aromatic heterocycles. The van der Waals surface area contributed by atoms with Crippen LogP contribution in [0.3, 0.4) is 0 Å². The zero-order valence-electron chi connectivity index (χ0n) is 16.3. The molecule has 1 aliphatic carbocycles. The molecule has 1 aliphatic rings. The standard InChI is InChI=1S/C19H23FIN3O4S/c1-11-8-16(23-29(27,28)19(6-7-19)10-12(2)25)17(24(3)18(11)26)22-15-5-4-13(21)9-14(15)20/h4-5,8-9,12,22-23,25H,6-7,10H2,1-3H3. The Labute approximate surface area is 182 Å². The van der Waals surface area contributed by atoms with Crippen molar-refractivity contribution in [1.82, 2.24) is 4.57 Å². The quantitative estimate of drug-likeness (QED) is 0.473. The molecule has 29 heavy (non-hydrogen) atoms. The molecule has 3 N–H and O–H groups in total. The molecule has 158 valence electrons. The van der Waals surface area contributed by atoms with Crippen molar-refractivity contribution in [1.29, 1.82) is 0 Å². The molecule has 0 amide bonds. The van der Waals surface area contributed by atoms with E-state index in [-0.39, 0.29) is 29.2 Å². The Bertz CT molecular complexity index is 1110. The van der Waals surface area contributed by atoms with Gasteiger partial charge < -0.3 is 10.4 Å². The molecule has 0 saturated heterocycles.